The summed E-state index contributed by atoms with van der Waals surface area (Å²) in [6.45, 7) is 3.53. The second kappa shape index (κ2) is 6.75. The van der Waals surface area contributed by atoms with Gasteiger partial charge in [0, 0.05) is 12.1 Å². The fourth-order valence-electron chi connectivity index (χ4n) is 3.73. The molecule has 17 heavy (non-hydrogen) atoms. The SMILES string of the molecule is CCC1CCCCN1C1CCCCCCC1O. The van der Waals surface area contributed by atoms with Crippen molar-refractivity contribution >= 4 is 0 Å². The number of piperidine rings is 1. The van der Waals surface area contributed by atoms with Gasteiger partial charge in [0.1, 0.15) is 0 Å². The predicted octanol–water partition coefficient (Wildman–Crippen LogP) is 3.33. The normalized spacial score (nSPS) is 37.4. The van der Waals surface area contributed by atoms with Crippen LogP contribution in [0.15, 0.2) is 0 Å². The number of aliphatic hydroxyl groups excluding tert-OH is 1. The fraction of sp³-hybridized carbons (Fsp3) is 1.00. The summed E-state index contributed by atoms with van der Waals surface area (Å²) in [5.74, 6) is 0. The molecular formula is C15H29NO. The molecule has 1 aliphatic carbocycles. The Morgan fingerprint density at radius 1 is 0.941 bits per heavy atom. The van der Waals surface area contributed by atoms with Crippen molar-refractivity contribution in [1.29, 1.82) is 0 Å². The van der Waals surface area contributed by atoms with E-state index >= 15 is 0 Å². The van der Waals surface area contributed by atoms with Crippen LogP contribution in [0.2, 0.25) is 0 Å². The van der Waals surface area contributed by atoms with Gasteiger partial charge in [0.25, 0.3) is 0 Å². The Hall–Kier alpha value is -0.0800. The number of likely N-dealkylation sites (tertiary alicyclic amines) is 1. The minimum Gasteiger partial charge on any atom is -0.391 e. The largest absolute Gasteiger partial charge is 0.391 e. The minimum absolute atomic E-state index is 0.0672. The molecule has 1 aliphatic heterocycles. The summed E-state index contributed by atoms with van der Waals surface area (Å²) in [7, 11) is 0. The van der Waals surface area contributed by atoms with E-state index < -0.39 is 0 Å². The van der Waals surface area contributed by atoms with Crippen LogP contribution in [0.5, 0.6) is 0 Å². The van der Waals surface area contributed by atoms with E-state index in [4.69, 9.17) is 0 Å². The van der Waals surface area contributed by atoms with Crippen LogP contribution in [0.25, 0.3) is 0 Å². The van der Waals surface area contributed by atoms with Crippen molar-refractivity contribution in [1.82, 2.24) is 4.90 Å². The number of rotatable bonds is 2. The maximum atomic E-state index is 10.4. The van der Waals surface area contributed by atoms with Crippen LogP contribution >= 0.6 is 0 Å². The minimum atomic E-state index is -0.0672. The van der Waals surface area contributed by atoms with E-state index in [0.29, 0.717) is 6.04 Å². The molecule has 2 rings (SSSR count). The van der Waals surface area contributed by atoms with Crippen LogP contribution in [0.4, 0.5) is 0 Å². The highest BCUT2D eigenvalue weighted by Gasteiger charge is 2.32. The first-order valence-electron chi connectivity index (χ1n) is 7.76. The van der Waals surface area contributed by atoms with Crippen LogP contribution in [-0.4, -0.2) is 34.7 Å². The molecule has 2 heteroatoms. The molecule has 0 radical (unpaired) electrons. The monoisotopic (exact) mass is 239 g/mol. The zero-order chi connectivity index (χ0) is 12.1. The summed E-state index contributed by atoms with van der Waals surface area (Å²) in [6, 6.07) is 1.20. The predicted molar refractivity (Wildman–Crippen MR) is 72.1 cm³/mol. The van der Waals surface area contributed by atoms with Gasteiger partial charge in [0.2, 0.25) is 0 Å². The third-order valence-electron chi connectivity index (χ3n) is 4.76. The Morgan fingerprint density at radius 3 is 2.41 bits per heavy atom. The average molecular weight is 239 g/mol. The van der Waals surface area contributed by atoms with E-state index in [1.54, 1.807) is 0 Å². The van der Waals surface area contributed by atoms with Gasteiger partial charge < -0.3 is 5.11 Å². The molecule has 1 saturated heterocycles. The standard InChI is InChI=1S/C15H29NO/c1-2-13-9-7-8-12-16(13)14-10-5-3-4-6-11-15(14)17/h13-15,17H,2-12H2,1H3. The molecule has 2 aliphatic rings. The first kappa shape index (κ1) is 13.4. The number of hydrogen-bond donors (Lipinski definition) is 1. The lowest BCUT2D eigenvalue weighted by Gasteiger charge is -2.43. The van der Waals surface area contributed by atoms with Gasteiger partial charge in [0.15, 0.2) is 0 Å². The summed E-state index contributed by atoms with van der Waals surface area (Å²) in [5.41, 5.74) is 0. The van der Waals surface area contributed by atoms with Gasteiger partial charge in [-0.3, -0.25) is 4.90 Å². The van der Waals surface area contributed by atoms with Gasteiger partial charge >= 0.3 is 0 Å². The van der Waals surface area contributed by atoms with Crippen molar-refractivity contribution in [2.24, 2.45) is 0 Å². The van der Waals surface area contributed by atoms with Gasteiger partial charge in [-0.05, 0) is 38.6 Å². The van der Waals surface area contributed by atoms with Gasteiger partial charge in [-0.2, -0.15) is 0 Å². The van der Waals surface area contributed by atoms with E-state index in [2.05, 4.69) is 11.8 Å². The molecule has 2 fully saturated rings. The van der Waals surface area contributed by atoms with Crippen molar-refractivity contribution in [3.8, 4) is 0 Å². The molecule has 0 aromatic heterocycles. The molecule has 3 unspecified atom stereocenters. The van der Waals surface area contributed by atoms with Gasteiger partial charge in [0.05, 0.1) is 6.10 Å². The fourth-order valence-corrected chi connectivity index (χ4v) is 3.73. The molecule has 2 nitrogen and oxygen atoms in total. The molecule has 0 spiro atoms. The Bertz CT molecular complexity index is 219. The topological polar surface area (TPSA) is 23.5 Å². The van der Waals surface area contributed by atoms with Crippen molar-refractivity contribution in [2.75, 3.05) is 6.54 Å². The lowest BCUT2D eigenvalue weighted by molar-refractivity contribution is -0.00655. The Kier molecular flexibility index (Phi) is 5.30. The zero-order valence-electron chi connectivity index (χ0n) is 11.4. The lowest BCUT2D eigenvalue weighted by atomic mass is 9.89. The maximum absolute atomic E-state index is 10.4. The molecule has 1 N–H and O–H groups in total. The highest BCUT2D eigenvalue weighted by atomic mass is 16.3. The second-order valence-electron chi connectivity index (χ2n) is 5.92. The molecule has 1 heterocycles. The summed E-state index contributed by atoms with van der Waals surface area (Å²) in [6.07, 6.45) is 12.7. The van der Waals surface area contributed by atoms with Crippen LogP contribution in [0.1, 0.15) is 71.1 Å². The maximum Gasteiger partial charge on any atom is 0.0695 e. The van der Waals surface area contributed by atoms with Gasteiger partial charge in [-0.15, -0.1) is 0 Å². The second-order valence-corrected chi connectivity index (χ2v) is 5.92. The molecule has 0 bridgehead atoms. The van der Waals surface area contributed by atoms with E-state index in [9.17, 15) is 5.11 Å². The van der Waals surface area contributed by atoms with Crippen molar-refractivity contribution in [3.05, 3.63) is 0 Å². The molecular weight excluding hydrogens is 210 g/mol. The van der Waals surface area contributed by atoms with E-state index in [1.807, 2.05) is 0 Å². The molecule has 0 aromatic rings. The van der Waals surface area contributed by atoms with Crippen LogP contribution in [-0.2, 0) is 0 Å². The smallest absolute Gasteiger partial charge is 0.0695 e. The lowest BCUT2D eigenvalue weighted by Crippen LogP contribution is -2.51. The van der Waals surface area contributed by atoms with Crippen LogP contribution in [0.3, 0.4) is 0 Å². The summed E-state index contributed by atoms with van der Waals surface area (Å²) < 4.78 is 0. The first-order valence-corrected chi connectivity index (χ1v) is 7.76. The van der Waals surface area contributed by atoms with Crippen LogP contribution in [0, 0.1) is 0 Å². The van der Waals surface area contributed by atoms with Gasteiger partial charge in [-0.25, -0.2) is 0 Å². The Balaban J connectivity index is 2.00. The summed E-state index contributed by atoms with van der Waals surface area (Å²) >= 11 is 0. The Labute approximate surface area is 106 Å². The van der Waals surface area contributed by atoms with E-state index in [0.717, 1.165) is 12.5 Å². The third-order valence-corrected chi connectivity index (χ3v) is 4.76. The van der Waals surface area contributed by atoms with E-state index in [-0.39, 0.29) is 6.10 Å². The molecule has 1 saturated carbocycles. The number of hydrogen-bond acceptors (Lipinski definition) is 2. The van der Waals surface area contributed by atoms with Crippen molar-refractivity contribution in [3.63, 3.8) is 0 Å². The van der Waals surface area contributed by atoms with Crippen LogP contribution < -0.4 is 0 Å². The summed E-state index contributed by atoms with van der Waals surface area (Å²) in [5, 5.41) is 10.4. The Morgan fingerprint density at radius 2 is 1.65 bits per heavy atom. The third kappa shape index (κ3) is 3.45. The highest BCUT2D eigenvalue weighted by molar-refractivity contribution is 4.87. The molecule has 3 atom stereocenters. The summed E-state index contributed by atoms with van der Waals surface area (Å²) in [4.78, 5) is 2.65. The van der Waals surface area contributed by atoms with Crippen molar-refractivity contribution < 1.29 is 5.11 Å². The number of nitrogens with zero attached hydrogens (tertiary/aromatic N) is 1. The zero-order valence-corrected chi connectivity index (χ0v) is 11.4. The number of aliphatic hydroxyl groups is 1. The molecule has 0 amide bonds. The van der Waals surface area contributed by atoms with Gasteiger partial charge in [-0.1, -0.05) is 39.0 Å². The quantitative estimate of drug-likeness (QED) is 0.799. The molecule has 0 aromatic carbocycles. The molecule has 100 valence electrons. The first-order chi connectivity index (χ1) is 8.33. The van der Waals surface area contributed by atoms with Crippen molar-refractivity contribution in [2.45, 2.75) is 89.3 Å². The highest BCUT2D eigenvalue weighted by Crippen LogP contribution is 2.28. The van der Waals surface area contributed by atoms with E-state index in [1.165, 1.54) is 64.3 Å². The average Bonchev–Trinajstić information content (AvgIpc) is 2.35.